The van der Waals surface area contributed by atoms with Crippen LogP contribution in [0.4, 0.5) is 0 Å². The zero-order chi connectivity index (χ0) is 12.3. The molecule has 6 heteroatoms. The first-order chi connectivity index (χ1) is 7.47. The third-order valence-electron chi connectivity index (χ3n) is 2.06. The maximum atomic E-state index is 11.1. The summed E-state index contributed by atoms with van der Waals surface area (Å²) in [4.78, 5) is 11.1. The van der Waals surface area contributed by atoms with Crippen LogP contribution < -0.4 is 5.73 Å². The Morgan fingerprint density at radius 3 is 2.50 bits per heavy atom. The van der Waals surface area contributed by atoms with E-state index in [4.69, 9.17) is 40.5 Å². The average molecular weight is 283 g/mol. The second-order valence-electron chi connectivity index (χ2n) is 3.14. The van der Waals surface area contributed by atoms with Crippen LogP contribution in [0, 0.1) is 0 Å². The number of ether oxygens (including phenoxy) is 1. The van der Waals surface area contributed by atoms with E-state index >= 15 is 0 Å². The van der Waals surface area contributed by atoms with E-state index in [9.17, 15) is 4.79 Å². The molecule has 0 saturated heterocycles. The quantitative estimate of drug-likeness (QED) is 0.684. The highest BCUT2D eigenvalue weighted by molar-refractivity contribution is 6.44. The highest BCUT2D eigenvalue weighted by Crippen LogP contribution is 2.35. The molecule has 0 unspecified atom stereocenters. The van der Waals surface area contributed by atoms with Crippen LogP contribution in [-0.4, -0.2) is 13.1 Å². The topological polar surface area (TPSA) is 52.3 Å². The number of halogens is 3. The molecule has 3 nitrogen and oxygen atoms in total. The summed E-state index contributed by atoms with van der Waals surface area (Å²) in [6.07, 6.45) is -0.00369. The first kappa shape index (κ1) is 13.6. The van der Waals surface area contributed by atoms with Crippen LogP contribution >= 0.6 is 34.8 Å². The Kier molecular flexibility index (Phi) is 4.87. The lowest BCUT2D eigenvalue weighted by atomic mass is 10.0. The molecule has 0 bridgehead atoms. The molecule has 2 N–H and O–H groups in total. The minimum atomic E-state index is -0.633. The molecule has 0 aliphatic heterocycles. The van der Waals surface area contributed by atoms with E-state index in [0.29, 0.717) is 15.6 Å². The Bertz CT molecular complexity index is 409. The Morgan fingerprint density at radius 2 is 1.94 bits per heavy atom. The van der Waals surface area contributed by atoms with Crippen molar-refractivity contribution in [3.8, 4) is 0 Å². The summed E-state index contributed by atoms with van der Waals surface area (Å²) in [7, 11) is 1.29. The van der Waals surface area contributed by atoms with E-state index < -0.39 is 12.0 Å². The maximum absolute atomic E-state index is 11.1. The third kappa shape index (κ3) is 3.01. The summed E-state index contributed by atoms with van der Waals surface area (Å²) in [6.45, 7) is 0. The number of esters is 1. The normalized spacial score (nSPS) is 12.3. The van der Waals surface area contributed by atoms with Crippen molar-refractivity contribution in [2.45, 2.75) is 12.5 Å². The van der Waals surface area contributed by atoms with Gasteiger partial charge in [-0.1, -0.05) is 34.8 Å². The van der Waals surface area contributed by atoms with E-state index in [1.165, 1.54) is 7.11 Å². The Balaban J connectivity index is 3.03. The minimum absolute atomic E-state index is 0.00369. The second kappa shape index (κ2) is 5.73. The van der Waals surface area contributed by atoms with Gasteiger partial charge in [-0.3, -0.25) is 4.79 Å². The summed E-state index contributed by atoms with van der Waals surface area (Å²) in [5, 5.41) is 0.998. The minimum Gasteiger partial charge on any atom is -0.469 e. The van der Waals surface area contributed by atoms with Crippen LogP contribution in [0.5, 0.6) is 0 Å². The van der Waals surface area contributed by atoms with Crippen LogP contribution in [0.25, 0.3) is 0 Å². The fraction of sp³-hybridized carbons (Fsp3) is 0.300. The SMILES string of the molecule is COC(=O)C[C@H](N)c1c(Cl)ccc(Cl)c1Cl. The molecule has 16 heavy (non-hydrogen) atoms. The summed E-state index contributed by atoms with van der Waals surface area (Å²) in [6, 6.07) is 2.52. The molecular formula is C10H10Cl3NO2. The van der Waals surface area contributed by atoms with Gasteiger partial charge >= 0.3 is 5.97 Å². The number of carbonyl (C=O) groups excluding carboxylic acids is 1. The van der Waals surface area contributed by atoms with Gasteiger partial charge in [0, 0.05) is 16.6 Å². The van der Waals surface area contributed by atoms with Crippen LogP contribution in [0.3, 0.4) is 0 Å². The Hall–Kier alpha value is -0.480. The molecule has 0 heterocycles. The Morgan fingerprint density at radius 1 is 1.38 bits per heavy atom. The summed E-state index contributed by atoms with van der Waals surface area (Å²) in [5.41, 5.74) is 6.27. The van der Waals surface area contributed by atoms with Gasteiger partial charge in [-0.05, 0) is 12.1 Å². The molecule has 0 aliphatic carbocycles. The van der Waals surface area contributed by atoms with E-state index in [-0.39, 0.29) is 11.4 Å². The van der Waals surface area contributed by atoms with Gasteiger partial charge in [-0.15, -0.1) is 0 Å². The lowest BCUT2D eigenvalue weighted by molar-refractivity contribution is -0.141. The zero-order valence-electron chi connectivity index (χ0n) is 8.47. The number of hydrogen-bond acceptors (Lipinski definition) is 3. The molecule has 0 aliphatic rings. The molecule has 0 radical (unpaired) electrons. The van der Waals surface area contributed by atoms with Gasteiger partial charge in [-0.2, -0.15) is 0 Å². The standard InChI is InChI=1S/C10H10Cl3NO2/c1-16-8(15)4-7(14)9-5(11)2-3-6(12)10(9)13/h2-3,7H,4,14H2,1H3/t7-/m0/s1. The third-order valence-corrected chi connectivity index (χ3v) is 3.21. The summed E-state index contributed by atoms with van der Waals surface area (Å²) >= 11 is 17.8. The first-order valence-corrected chi connectivity index (χ1v) is 5.56. The molecule has 0 fully saturated rings. The summed E-state index contributed by atoms with van der Waals surface area (Å²) in [5.74, 6) is -0.431. The fourth-order valence-corrected chi connectivity index (χ4v) is 2.06. The van der Waals surface area contributed by atoms with E-state index in [0.717, 1.165) is 0 Å². The van der Waals surface area contributed by atoms with Crippen molar-refractivity contribution >= 4 is 40.8 Å². The van der Waals surface area contributed by atoms with Crippen LogP contribution in [0.1, 0.15) is 18.0 Å². The number of carbonyl (C=O) groups is 1. The van der Waals surface area contributed by atoms with Crippen molar-refractivity contribution in [1.82, 2.24) is 0 Å². The number of benzene rings is 1. The highest BCUT2D eigenvalue weighted by Gasteiger charge is 2.19. The number of hydrogen-bond donors (Lipinski definition) is 1. The molecular weight excluding hydrogens is 272 g/mol. The van der Waals surface area contributed by atoms with Crippen LogP contribution in [0.15, 0.2) is 12.1 Å². The number of nitrogens with two attached hydrogens (primary N) is 1. The number of rotatable bonds is 3. The predicted octanol–water partition coefficient (Wildman–Crippen LogP) is 3.21. The molecule has 1 rings (SSSR count). The first-order valence-electron chi connectivity index (χ1n) is 4.43. The van der Waals surface area contributed by atoms with Crippen molar-refractivity contribution in [2.75, 3.05) is 7.11 Å². The molecule has 88 valence electrons. The highest BCUT2D eigenvalue weighted by atomic mass is 35.5. The fourth-order valence-electron chi connectivity index (χ4n) is 1.25. The smallest absolute Gasteiger partial charge is 0.307 e. The van der Waals surface area contributed by atoms with Crippen molar-refractivity contribution in [1.29, 1.82) is 0 Å². The van der Waals surface area contributed by atoms with Crippen LogP contribution in [0.2, 0.25) is 15.1 Å². The van der Waals surface area contributed by atoms with E-state index in [1.807, 2.05) is 0 Å². The monoisotopic (exact) mass is 281 g/mol. The van der Waals surface area contributed by atoms with Gasteiger partial charge in [0.05, 0.1) is 23.6 Å². The summed E-state index contributed by atoms with van der Waals surface area (Å²) < 4.78 is 4.51. The molecule has 1 aromatic carbocycles. The van der Waals surface area contributed by atoms with Gasteiger partial charge < -0.3 is 10.5 Å². The van der Waals surface area contributed by atoms with Crippen molar-refractivity contribution in [2.24, 2.45) is 5.73 Å². The molecule has 1 aromatic rings. The Labute approximate surface area is 108 Å². The molecule has 0 saturated carbocycles. The number of methoxy groups -OCH3 is 1. The van der Waals surface area contributed by atoms with Crippen molar-refractivity contribution in [3.63, 3.8) is 0 Å². The van der Waals surface area contributed by atoms with Gasteiger partial charge in [-0.25, -0.2) is 0 Å². The lowest BCUT2D eigenvalue weighted by Gasteiger charge is -2.15. The van der Waals surface area contributed by atoms with Gasteiger partial charge in [0.15, 0.2) is 0 Å². The predicted molar refractivity (Wildman–Crippen MR) is 65.0 cm³/mol. The largest absolute Gasteiger partial charge is 0.469 e. The van der Waals surface area contributed by atoms with Gasteiger partial charge in [0.2, 0.25) is 0 Å². The molecule has 0 aromatic heterocycles. The molecule has 1 atom stereocenters. The second-order valence-corrected chi connectivity index (χ2v) is 4.34. The zero-order valence-corrected chi connectivity index (χ0v) is 10.7. The van der Waals surface area contributed by atoms with Gasteiger partial charge in [0.25, 0.3) is 0 Å². The average Bonchev–Trinajstić information content (AvgIpc) is 2.24. The molecule has 0 amide bonds. The van der Waals surface area contributed by atoms with E-state index in [1.54, 1.807) is 12.1 Å². The van der Waals surface area contributed by atoms with E-state index in [2.05, 4.69) is 4.74 Å². The van der Waals surface area contributed by atoms with Crippen molar-refractivity contribution < 1.29 is 9.53 Å². The maximum Gasteiger partial charge on any atom is 0.307 e. The molecule has 0 spiro atoms. The lowest BCUT2D eigenvalue weighted by Crippen LogP contribution is -2.17. The van der Waals surface area contributed by atoms with Gasteiger partial charge in [0.1, 0.15) is 0 Å². The van der Waals surface area contributed by atoms with Crippen LogP contribution in [-0.2, 0) is 9.53 Å². The van der Waals surface area contributed by atoms with Crippen molar-refractivity contribution in [3.05, 3.63) is 32.8 Å².